The van der Waals surface area contributed by atoms with E-state index >= 15 is 0 Å². The highest BCUT2D eigenvalue weighted by Gasteiger charge is 2.19. The standard InChI is InChI=1S/C12H19N3O2S/c1-10-4-5-12(14-7-10)18(16,17)15-9-11-3-2-6-13-8-11/h4-5,7,11,13,15H,2-3,6,8-9H2,1H3/t11-/m1/s1. The van der Waals surface area contributed by atoms with Gasteiger partial charge in [-0.1, -0.05) is 6.07 Å². The van der Waals surface area contributed by atoms with Crippen molar-refractivity contribution in [1.29, 1.82) is 0 Å². The summed E-state index contributed by atoms with van der Waals surface area (Å²) in [5, 5.41) is 3.36. The van der Waals surface area contributed by atoms with E-state index < -0.39 is 10.0 Å². The van der Waals surface area contributed by atoms with Gasteiger partial charge in [0.05, 0.1) is 0 Å². The summed E-state index contributed by atoms with van der Waals surface area (Å²) in [6, 6.07) is 3.29. The first-order chi connectivity index (χ1) is 8.58. The molecule has 2 heterocycles. The molecule has 0 aliphatic carbocycles. The fourth-order valence-corrected chi connectivity index (χ4v) is 3.05. The molecule has 1 atom stereocenters. The molecule has 1 aromatic rings. The Hall–Kier alpha value is -0.980. The number of nitrogens with zero attached hydrogens (tertiary/aromatic N) is 1. The Bertz CT molecular complexity index is 479. The maximum atomic E-state index is 12.0. The highest BCUT2D eigenvalue weighted by Crippen LogP contribution is 2.11. The van der Waals surface area contributed by atoms with Gasteiger partial charge in [0.25, 0.3) is 10.0 Å². The summed E-state index contributed by atoms with van der Waals surface area (Å²) in [7, 11) is -3.47. The molecule has 6 heteroatoms. The monoisotopic (exact) mass is 269 g/mol. The Morgan fingerprint density at radius 2 is 2.33 bits per heavy atom. The van der Waals surface area contributed by atoms with Crippen LogP contribution in [-0.4, -0.2) is 33.0 Å². The quantitative estimate of drug-likeness (QED) is 0.842. The Kier molecular flexibility index (Phi) is 4.31. The summed E-state index contributed by atoms with van der Waals surface area (Å²) in [5.41, 5.74) is 0.949. The Labute approximate surface area is 108 Å². The van der Waals surface area contributed by atoms with Crippen molar-refractivity contribution in [2.24, 2.45) is 5.92 Å². The summed E-state index contributed by atoms with van der Waals surface area (Å²) in [6.07, 6.45) is 3.74. The van der Waals surface area contributed by atoms with Crippen LogP contribution in [0.25, 0.3) is 0 Å². The number of aryl methyl sites for hydroxylation is 1. The molecule has 100 valence electrons. The van der Waals surface area contributed by atoms with Gasteiger partial charge in [0, 0.05) is 12.7 Å². The maximum absolute atomic E-state index is 12.0. The van der Waals surface area contributed by atoms with Crippen LogP contribution in [0, 0.1) is 12.8 Å². The molecular formula is C12H19N3O2S. The van der Waals surface area contributed by atoms with Gasteiger partial charge in [-0.3, -0.25) is 0 Å². The van der Waals surface area contributed by atoms with Gasteiger partial charge < -0.3 is 5.32 Å². The molecule has 18 heavy (non-hydrogen) atoms. The van der Waals surface area contributed by atoms with Crippen LogP contribution in [-0.2, 0) is 10.0 Å². The van der Waals surface area contributed by atoms with Crippen LogP contribution in [0.2, 0.25) is 0 Å². The molecule has 0 spiro atoms. The smallest absolute Gasteiger partial charge is 0.258 e. The molecule has 1 aliphatic rings. The van der Waals surface area contributed by atoms with Gasteiger partial charge in [-0.05, 0) is 50.4 Å². The Balaban J connectivity index is 1.96. The van der Waals surface area contributed by atoms with Gasteiger partial charge in [0.2, 0.25) is 0 Å². The average Bonchev–Trinajstić information content (AvgIpc) is 2.38. The number of hydrogen-bond donors (Lipinski definition) is 2. The zero-order valence-corrected chi connectivity index (χ0v) is 11.3. The number of aromatic nitrogens is 1. The predicted octanol–water partition coefficient (Wildman–Crippen LogP) is 0.668. The third kappa shape index (κ3) is 3.51. The lowest BCUT2D eigenvalue weighted by molar-refractivity contribution is 0.375. The van der Waals surface area contributed by atoms with Gasteiger partial charge in [-0.25, -0.2) is 18.1 Å². The minimum Gasteiger partial charge on any atom is -0.316 e. The van der Waals surface area contributed by atoms with E-state index in [0.29, 0.717) is 12.5 Å². The van der Waals surface area contributed by atoms with Crippen LogP contribution < -0.4 is 10.0 Å². The summed E-state index contributed by atoms with van der Waals surface area (Å²) >= 11 is 0. The molecule has 5 nitrogen and oxygen atoms in total. The van der Waals surface area contributed by atoms with Gasteiger partial charge in [-0.2, -0.15) is 0 Å². The Morgan fingerprint density at radius 3 is 2.94 bits per heavy atom. The lowest BCUT2D eigenvalue weighted by Gasteiger charge is -2.22. The Morgan fingerprint density at radius 1 is 1.50 bits per heavy atom. The van der Waals surface area contributed by atoms with Crippen molar-refractivity contribution >= 4 is 10.0 Å². The van der Waals surface area contributed by atoms with Crippen molar-refractivity contribution in [2.75, 3.05) is 19.6 Å². The predicted molar refractivity (Wildman–Crippen MR) is 69.8 cm³/mol. The van der Waals surface area contributed by atoms with Crippen LogP contribution in [0.4, 0.5) is 0 Å². The molecule has 0 aromatic carbocycles. The first kappa shape index (κ1) is 13.5. The molecule has 0 radical (unpaired) electrons. The number of hydrogen-bond acceptors (Lipinski definition) is 4. The van der Waals surface area contributed by atoms with Gasteiger partial charge in [0.15, 0.2) is 5.03 Å². The molecule has 0 amide bonds. The van der Waals surface area contributed by atoms with E-state index in [1.807, 2.05) is 6.92 Å². The maximum Gasteiger partial charge on any atom is 0.258 e. The summed E-state index contributed by atoms with van der Waals surface area (Å²) in [5.74, 6) is 0.374. The highest BCUT2D eigenvalue weighted by atomic mass is 32.2. The van der Waals surface area contributed by atoms with E-state index in [9.17, 15) is 8.42 Å². The van der Waals surface area contributed by atoms with Crippen LogP contribution in [0.5, 0.6) is 0 Å². The minimum absolute atomic E-state index is 0.0943. The van der Waals surface area contributed by atoms with Crippen molar-refractivity contribution in [1.82, 2.24) is 15.0 Å². The number of nitrogens with one attached hydrogen (secondary N) is 2. The molecule has 1 saturated heterocycles. The summed E-state index contributed by atoms with van der Waals surface area (Å²) in [6.45, 7) is 4.27. The topological polar surface area (TPSA) is 71.1 Å². The second-order valence-corrected chi connectivity index (χ2v) is 6.45. The fourth-order valence-electron chi connectivity index (χ4n) is 2.01. The van der Waals surface area contributed by atoms with E-state index in [1.165, 1.54) is 6.07 Å². The second kappa shape index (κ2) is 5.77. The van der Waals surface area contributed by atoms with E-state index in [2.05, 4.69) is 15.0 Å². The number of rotatable bonds is 4. The van der Waals surface area contributed by atoms with Crippen molar-refractivity contribution in [3.8, 4) is 0 Å². The van der Waals surface area contributed by atoms with Crippen LogP contribution in [0.3, 0.4) is 0 Å². The van der Waals surface area contributed by atoms with E-state index in [-0.39, 0.29) is 5.03 Å². The zero-order chi connectivity index (χ0) is 13.0. The van der Waals surface area contributed by atoms with Crippen molar-refractivity contribution in [2.45, 2.75) is 24.8 Å². The molecule has 2 rings (SSSR count). The average molecular weight is 269 g/mol. The van der Waals surface area contributed by atoms with Crippen molar-refractivity contribution < 1.29 is 8.42 Å². The third-order valence-electron chi connectivity index (χ3n) is 3.12. The molecular weight excluding hydrogens is 250 g/mol. The van der Waals surface area contributed by atoms with Gasteiger partial charge in [0.1, 0.15) is 0 Å². The van der Waals surface area contributed by atoms with Gasteiger partial charge >= 0.3 is 0 Å². The normalized spacial score (nSPS) is 20.8. The molecule has 0 saturated carbocycles. The lowest BCUT2D eigenvalue weighted by atomic mass is 10.0. The van der Waals surface area contributed by atoms with Gasteiger partial charge in [-0.15, -0.1) is 0 Å². The lowest BCUT2D eigenvalue weighted by Crippen LogP contribution is -2.38. The third-order valence-corrected chi connectivity index (χ3v) is 4.46. The molecule has 1 aliphatic heterocycles. The first-order valence-electron chi connectivity index (χ1n) is 6.21. The molecule has 0 unspecified atom stereocenters. The number of piperidine rings is 1. The zero-order valence-electron chi connectivity index (χ0n) is 10.5. The molecule has 1 fully saturated rings. The molecule has 0 bridgehead atoms. The van der Waals surface area contributed by atoms with E-state index in [4.69, 9.17) is 0 Å². The summed E-state index contributed by atoms with van der Waals surface area (Å²) in [4.78, 5) is 3.95. The molecule has 2 N–H and O–H groups in total. The fraction of sp³-hybridized carbons (Fsp3) is 0.583. The van der Waals surface area contributed by atoms with E-state index in [0.717, 1.165) is 31.5 Å². The van der Waals surface area contributed by atoms with Crippen LogP contribution >= 0.6 is 0 Å². The van der Waals surface area contributed by atoms with Crippen LogP contribution in [0.15, 0.2) is 23.4 Å². The minimum atomic E-state index is -3.47. The van der Waals surface area contributed by atoms with Crippen molar-refractivity contribution in [3.05, 3.63) is 23.9 Å². The molecule has 1 aromatic heterocycles. The largest absolute Gasteiger partial charge is 0.316 e. The summed E-state index contributed by atoms with van der Waals surface area (Å²) < 4.78 is 26.6. The first-order valence-corrected chi connectivity index (χ1v) is 7.69. The van der Waals surface area contributed by atoms with Crippen LogP contribution in [0.1, 0.15) is 18.4 Å². The number of sulfonamides is 1. The SMILES string of the molecule is Cc1ccc(S(=O)(=O)NC[C@@H]2CCCNC2)nc1. The van der Waals surface area contributed by atoms with E-state index in [1.54, 1.807) is 12.3 Å². The second-order valence-electron chi connectivity index (χ2n) is 4.74. The number of pyridine rings is 1. The highest BCUT2D eigenvalue weighted by molar-refractivity contribution is 7.89. The van der Waals surface area contributed by atoms with Crippen molar-refractivity contribution in [3.63, 3.8) is 0 Å².